The van der Waals surface area contributed by atoms with Crippen molar-refractivity contribution in [3.8, 4) is 0 Å². The molecule has 0 aliphatic carbocycles. The minimum absolute atomic E-state index is 0.0146. The summed E-state index contributed by atoms with van der Waals surface area (Å²) in [6.45, 7) is 1.27. The molecular weight excluding hydrogens is 340 g/mol. The maximum Gasteiger partial charge on any atom is 0.255 e. The molecule has 2 heterocycles. The first-order chi connectivity index (χ1) is 9.58. The van der Waals surface area contributed by atoms with E-state index in [2.05, 4.69) is 33.9 Å². The average molecular weight is 355 g/mol. The van der Waals surface area contributed by atoms with Gasteiger partial charge in [-0.2, -0.15) is 0 Å². The second kappa shape index (κ2) is 5.41. The zero-order valence-electron chi connectivity index (χ0n) is 10.8. The van der Waals surface area contributed by atoms with Crippen molar-refractivity contribution >= 4 is 40.4 Å². The molecule has 106 valence electrons. The molecule has 2 aliphatic heterocycles. The summed E-state index contributed by atoms with van der Waals surface area (Å²) in [5, 5.41) is 2.86. The van der Waals surface area contributed by atoms with Crippen LogP contribution in [0.5, 0.6) is 0 Å². The molecule has 20 heavy (non-hydrogen) atoms. The molecule has 6 heteroatoms. The topological polar surface area (TPSA) is 49.4 Å². The van der Waals surface area contributed by atoms with E-state index in [1.165, 1.54) is 0 Å². The number of nitrogens with zero attached hydrogens (tertiary/aromatic N) is 1. The number of fused-ring (bicyclic) bond motifs is 1. The van der Waals surface area contributed by atoms with Gasteiger partial charge in [-0.1, -0.05) is 0 Å². The Morgan fingerprint density at radius 3 is 3.05 bits per heavy atom. The van der Waals surface area contributed by atoms with E-state index >= 15 is 0 Å². The van der Waals surface area contributed by atoms with E-state index in [0.29, 0.717) is 18.7 Å². The van der Waals surface area contributed by atoms with Crippen LogP contribution in [0.4, 0.5) is 0 Å². The third-order valence-corrected chi connectivity index (χ3v) is 5.01. The van der Waals surface area contributed by atoms with E-state index in [1.54, 1.807) is 6.07 Å². The van der Waals surface area contributed by atoms with Crippen LogP contribution in [0.15, 0.2) is 27.6 Å². The smallest absolute Gasteiger partial charge is 0.255 e. The van der Waals surface area contributed by atoms with Gasteiger partial charge < -0.3 is 10.2 Å². The van der Waals surface area contributed by atoms with Crippen LogP contribution in [-0.2, 0) is 4.79 Å². The number of benzene rings is 1. The zero-order chi connectivity index (χ0) is 14.3. The molecule has 4 nitrogen and oxygen atoms in total. The Bertz CT molecular complexity index is 578. The molecule has 0 radical (unpaired) electrons. The van der Waals surface area contributed by atoms with Crippen molar-refractivity contribution in [2.45, 2.75) is 23.8 Å². The molecule has 0 aromatic heterocycles. The molecule has 2 fully saturated rings. The summed E-state index contributed by atoms with van der Waals surface area (Å²) in [7, 11) is 0. The highest BCUT2D eigenvalue weighted by Gasteiger charge is 2.42. The normalized spacial score (nSPS) is 25.3. The maximum absolute atomic E-state index is 12.7. The van der Waals surface area contributed by atoms with Gasteiger partial charge in [0.25, 0.3) is 5.91 Å². The summed E-state index contributed by atoms with van der Waals surface area (Å²) < 4.78 is 0.764. The highest BCUT2D eigenvalue weighted by molar-refractivity contribution is 9.10. The third-order valence-electron chi connectivity index (χ3n) is 4.04. The minimum Gasteiger partial charge on any atom is -0.354 e. The predicted octanol–water partition coefficient (Wildman–Crippen LogP) is 2.09. The van der Waals surface area contributed by atoms with Crippen LogP contribution in [0.25, 0.3) is 0 Å². The summed E-state index contributed by atoms with van der Waals surface area (Å²) in [5.41, 5.74) is 0.609. The fourth-order valence-electron chi connectivity index (χ4n) is 3.04. The first kappa shape index (κ1) is 13.9. The van der Waals surface area contributed by atoms with Gasteiger partial charge in [0, 0.05) is 22.5 Å². The number of likely N-dealkylation sites (tertiary alicyclic amines) is 1. The molecule has 0 saturated carbocycles. The molecular formula is C14H15BrN2O2S. The number of carbonyl (C=O) groups is 2. The van der Waals surface area contributed by atoms with Crippen molar-refractivity contribution < 1.29 is 9.59 Å². The maximum atomic E-state index is 12.7. The fourth-order valence-corrected chi connectivity index (χ4v) is 3.66. The van der Waals surface area contributed by atoms with Crippen LogP contribution >= 0.6 is 28.6 Å². The van der Waals surface area contributed by atoms with Gasteiger partial charge in [0.05, 0.1) is 17.5 Å². The molecule has 2 unspecified atom stereocenters. The van der Waals surface area contributed by atoms with E-state index in [0.717, 1.165) is 22.2 Å². The number of hydrogen-bond donors (Lipinski definition) is 2. The van der Waals surface area contributed by atoms with Crippen molar-refractivity contribution in [3.63, 3.8) is 0 Å². The van der Waals surface area contributed by atoms with Crippen molar-refractivity contribution in [1.82, 2.24) is 10.2 Å². The molecule has 2 atom stereocenters. The van der Waals surface area contributed by atoms with Gasteiger partial charge >= 0.3 is 0 Å². The lowest BCUT2D eigenvalue weighted by molar-refractivity contribution is -0.123. The summed E-state index contributed by atoms with van der Waals surface area (Å²) in [5.74, 6) is -0.000790. The highest BCUT2D eigenvalue weighted by Crippen LogP contribution is 2.30. The van der Waals surface area contributed by atoms with Crippen molar-refractivity contribution in [2.24, 2.45) is 5.92 Å². The average Bonchev–Trinajstić information content (AvgIpc) is 2.83. The van der Waals surface area contributed by atoms with Crippen LogP contribution in [0.1, 0.15) is 23.2 Å². The molecule has 1 N–H and O–H groups in total. The van der Waals surface area contributed by atoms with E-state index in [4.69, 9.17) is 0 Å². The van der Waals surface area contributed by atoms with E-state index in [9.17, 15) is 9.59 Å². The van der Waals surface area contributed by atoms with Gasteiger partial charge in [0.15, 0.2) is 0 Å². The Hall–Kier alpha value is -1.01. The summed E-state index contributed by atoms with van der Waals surface area (Å²) >= 11 is 7.71. The number of nitrogens with one attached hydrogen (secondary N) is 1. The molecule has 3 rings (SSSR count). The number of thiol groups is 1. The zero-order valence-corrected chi connectivity index (χ0v) is 13.3. The second-order valence-corrected chi connectivity index (χ2v) is 6.59. The largest absolute Gasteiger partial charge is 0.354 e. The minimum atomic E-state index is -0.0503. The van der Waals surface area contributed by atoms with E-state index < -0.39 is 0 Å². The lowest BCUT2D eigenvalue weighted by atomic mass is 9.91. The number of halogens is 1. The molecule has 1 aromatic carbocycles. The van der Waals surface area contributed by atoms with Gasteiger partial charge in [0.1, 0.15) is 0 Å². The number of amides is 2. The summed E-state index contributed by atoms with van der Waals surface area (Å²) in [4.78, 5) is 27.1. The van der Waals surface area contributed by atoms with E-state index in [1.807, 2.05) is 17.0 Å². The van der Waals surface area contributed by atoms with Gasteiger partial charge in [-0.15, -0.1) is 12.6 Å². The molecule has 0 bridgehead atoms. The van der Waals surface area contributed by atoms with Gasteiger partial charge in [0.2, 0.25) is 5.91 Å². The molecule has 1 aromatic rings. The van der Waals surface area contributed by atoms with Gasteiger partial charge in [-0.3, -0.25) is 9.59 Å². The van der Waals surface area contributed by atoms with Gasteiger partial charge in [-0.05, 0) is 47.0 Å². The van der Waals surface area contributed by atoms with Crippen LogP contribution in [-0.4, -0.2) is 35.8 Å². The molecule has 2 saturated heterocycles. The second-order valence-electron chi connectivity index (χ2n) is 5.22. The Morgan fingerprint density at radius 2 is 2.25 bits per heavy atom. The fraction of sp³-hybridized carbons (Fsp3) is 0.429. The Balaban J connectivity index is 1.90. The van der Waals surface area contributed by atoms with E-state index in [-0.39, 0.29) is 23.8 Å². The Labute approximate surface area is 131 Å². The quantitative estimate of drug-likeness (QED) is 0.758. The Morgan fingerprint density at radius 1 is 1.45 bits per heavy atom. The highest BCUT2D eigenvalue weighted by atomic mass is 79.9. The first-order valence-electron chi connectivity index (χ1n) is 6.65. The lowest BCUT2D eigenvalue weighted by Crippen LogP contribution is -2.48. The van der Waals surface area contributed by atoms with Crippen LogP contribution < -0.4 is 5.32 Å². The number of rotatable bonds is 1. The molecule has 2 amide bonds. The standard InChI is InChI=1S/C14H15BrN2O2S/c15-11-4-3-8(20)6-10(11)14(19)17-5-1-2-9-12(17)7-16-13(9)18/h3-4,6,9,12,20H,1-2,5,7H2,(H,16,18). The molecule has 2 aliphatic rings. The lowest BCUT2D eigenvalue weighted by Gasteiger charge is -2.36. The first-order valence-corrected chi connectivity index (χ1v) is 7.89. The van der Waals surface area contributed by atoms with Crippen molar-refractivity contribution in [3.05, 3.63) is 28.2 Å². The van der Waals surface area contributed by atoms with Crippen LogP contribution in [0.3, 0.4) is 0 Å². The third kappa shape index (κ3) is 2.35. The molecule has 0 spiro atoms. The van der Waals surface area contributed by atoms with Crippen molar-refractivity contribution in [1.29, 1.82) is 0 Å². The van der Waals surface area contributed by atoms with Crippen molar-refractivity contribution in [2.75, 3.05) is 13.1 Å². The number of piperidine rings is 1. The SMILES string of the molecule is O=C1NCC2C1CCCN2C(=O)c1cc(S)ccc1Br. The monoisotopic (exact) mass is 354 g/mol. The van der Waals surface area contributed by atoms with Crippen LogP contribution in [0.2, 0.25) is 0 Å². The Kier molecular flexibility index (Phi) is 3.77. The summed E-state index contributed by atoms with van der Waals surface area (Å²) in [6.07, 6.45) is 1.74. The number of hydrogen-bond acceptors (Lipinski definition) is 3. The van der Waals surface area contributed by atoms with Gasteiger partial charge in [-0.25, -0.2) is 0 Å². The number of carbonyl (C=O) groups excluding carboxylic acids is 2. The predicted molar refractivity (Wildman–Crippen MR) is 82.0 cm³/mol. The van der Waals surface area contributed by atoms with Crippen LogP contribution in [0, 0.1) is 5.92 Å². The summed E-state index contributed by atoms with van der Waals surface area (Å²) in [6, 6.07) is 5.42.